The van der Waals surface area contributed by atoms with Gasteiger partial charge in [0.15, 0.2) is 6.79 Å². The molecule has 0 aliphatic carbocycles. The second-order valence-corrected chi connectivity index (χ2v) is 13.4. The summed E-state index contributed by atoms with van der Waals surface area (Å²) >= 11 is 8.08. The Morgan fingerprint density at radius 1 is 1.32 bits per heavy atom. The van der Waals surface area contributed by atoms with Gasteiger partial charge in [-0.2, -0.15) is 0 Å². The maximum absolute atomic E-state index is 12.0. The molecule has 120 valence electrons. The number of halogens is 2. The van der Waals surface area contributed by atoms with Crippen LogP contribution in [0.1, 0.15) is 0 Å². The van der Waals surface area contributed by atoms with Crippen molar-refractivity contribution >= 4 is 53.2 Å². The highest BCUT2D eigenvalue weighted by Crippen LogP contribution is 2.27. The van der Waals surface area contributed by atoms with Gasteiger partial charge in [0.05, 0.1) is 14.0 Å². The summed E-state index contributed by atoms with van der Waals surface area (Å²) in [5.74, 6) is 0.523. The second kappa shape index (κ2) is 7.33. The lowest BCUT2D eigenvalue weighted by atomic mass is 10.2. The zero-order valence-corrected chi connectivity index (χ0v) is 16.7. The monoisotopic (exact) mass is 452 g/mol. The summed E-state index contributed by atoms with van der Waals surface area (Å²) in [6.45, 7) is 7.72. The van der Waals surface area contributed by atoms with Gasteiger partial charge in [0.1, 0.15) is 17.6 Å². The molecular weight excluding hydrogens is 435 g/mol. The first-order chi connectivity index (χ1) is 10.3. The van der Waals surface area contributed by atoms with Gasteiger partial charge in [-0.25, -0.2) is 0 Å². The fraction of sp³-hybridized carbons (Fsp3) is 0.400. The average molecular weight is 453 g/mol. The molecule has 0 aliphatic rings. The van der Waals surface area contributed by atoms with Crippen molar-refractivity contribution in [1.29, 1.82) is 0 Å². The van der Waals surface area contributed by atoms with Gasteiger partial charge in [0.2, 0.25) is 5.43 Å². The SMILES string of the molecule is C[Si](C)(C)CCOCOc1cc(Cl)c2c(=O)c(I)coc2c1. The third-order valence-electron chi connectivity index (χ3n) is 3.07. The first kappa shape index (κ1) is 17.8. The van der Waals surface area contributed by atoms with Gasteiger partial charge in [-0.05, 0) is 34.7 Å². The fourth-order valence-electron chi connectivity index (χ4n) is 1.79. The Labute approximate surface area is 148 Å². The number of benzene rings is 1. The van der Waals surface area contributed by atoms with E-state index in [0.29, 0.717) is 31.9 Å². The number of hydrogen-bond donors (Lipinski definition) is 0. The van der Waals surface area contributed by atoms with E-state index < -0.39 is 8.07 Å². The Morgan fingerprint density at radius 3 is 2.73 bits per heavy atom. The van der Waals surface area contributed by atoms with Crippen molar-refractivity contribution in [2.24, 2.45) is 0 Å². The standard InChI is InChI=1S/C15H18ClIO4Si/c1-22(2,3)5-4-19-9-21-10-6-11(16)14-13(7-10)20-8-12(17)15(14)18/h6-8H,4-5,9H2,1-3H3. The molecule has 0 amide bonds. The highest BCUT2D eigenvalue weighted by atomic mass is 127. The first-order valence-electron chi connectivity index (χ1n) is 6.89. The highest BCUT2D eigenvalue weighted by Gasteiger charge is 2.13. The molecule has 22 heavy (non-hydrogen) atoms. The molecule has 0 fully saturated rings. The van der Waals surface area contributed by atoms with Crippen molar-refractivity contribution in [3.63, 3.8) is 0 Å². The third kappa shape index (κ3) is 4.71. The molecule has 0 saturated heterocycles. The van der Waals surface area contributed by atoms with E-state index in [1.807, 2.05) is 22.6 Å². The molecule has 1 aromatic carbocycles. The maximum atomic E-state index is 12.0. The minimum absolute atomic E-state index is 0.134. The Hall–Kier alpha value is -0.573. The van der Waals surface area contributed by atoms with Gasteiger partial charge >= 0.3 is 0 Å². The summed E-state index contributed by atoms with van der Waals surface area (Å²) < 4.78 is 16.9. The Morgan fingerprint density at radius 2 is 2.05 bits per heavy atom. The Kier molecular flexibility index (Phi) is 5.92. The minimum atomic E-state index is -1.10. The number of ether oxygens (including phenoxy) is 2. The van der Waals surface area contributed by atoms with E-state index in [1.54, 1.807) is 12.1 Å². The van der Waals surface area contributed by atoms with Crippen LogP contribution < -0.4 is 10.2 Å². The quantitative estimate of drug-likeness (QED) is 0.275. The summed E-state index contributed by atoms with van der Waals surface area (Å²) in [5.41, 5.74) is 0.278. The normalized spacial score (nSPS) is 11.9. The van der Waals surface area contributed by atoms with E-state index in [2.05, 4.69) is 19.6 Å². The fourth-order valence-corrected chi connectivity index (χ4v) is 3.23. The van der Waals surface area contributed by atoms with Gasteiger partial charge in [-0.3, -0.25) is 4.79 Å². The van der Waals surface area contributed by atoms with E-state index in [4.69, 9.17) is 25.5 Å². The van der Waals surface area contributed by atoms with Gasteiger partial charge in [-0.15, -0.1) is 0 Å². The molecule has 7 heteroatoms. The molecule has 0 spiro atoms. The lowest BCUT2D eigenvalue weighted by Crippen LogP contribution is -2.22. The Balaban J connectivity index is 2.04. The molecule has 0 aliphatic heterocycles. The van der Waals surface area contributed by atoms with E-state index in [0.717, 1.165) is 6.04 Å². The van der Waals surface area contributed by atoms with Crippen LogP contribution in [0.3, 0.4) is 0 Å². The largest absolute Gasteiger partial charge is 0.467 e. The number of hydrogen-bond acceptors (Lipinski definition) is 4. The molecule has 0 unspecified atom stereocenters. The van der Waals surface area contributed by atoms with Gasteiger partial charge in [-0.1, -0.05) is 31.2 Å². The summed E-state index contributed by atoms with van der Waals surface area (Å²) in [4.78, 5) is 12.0. The molecule has 1 aromatic heterocycles. The lowest BCUT2D eigenvalue weighted by Gasteiger charge is -2.15. The molecule has 2 rings (SSSR count). The van der Waals surface area contributed by atoms with Crippen LogP contribution in [0.4, 0.5) is 0 Å². The topological polar surface area (TPSA) is 48.7 Å². The zero-order valence-electron chi connectivity index (χ0n) is 12.7. The van der Waals surface area contributed by atoms with E-state index >= 15 is 0 Å². The first-order valence-corrected chi connectivity index (χ1v) is 12.1. The van der Waals surface area contributed by atoms with E-state index in [9.17, 15) is 4.79 Å². The molecule has 0 N–H and O–H groups in total. The van der Waals surface area contributed by atoms with Crippen molar-refractivity contribution in [3.8, 4) is 5.75 Å². The van der Waals surface area contributed by atoms with Gasteiger partial charge in [0.25, 0.3) is 0 Å². The lowest BCUT2D eigenvalue weighted by molar-refractivity contribution is 0.0221. The van der Waals surface area contributed by atoms with Crippen LogP contribution in [0.2, 0.25) is 30.7 Å². The van der Waals surface area contributed by atoms with Crippen molar-refractivity contribution in [1.82, 2.24) is 0 Å². The summed E-state index contributed by atoms with van der Waals surface area (Å²) in [5, 5.41) is 0.697. The van der Waals surface area contributed by atoms with Crippen LogP contribution in [-0.4, -0.2) is 21.5 Å². The molecule has 1 heterocycles. The van der Waals surface area contributed by atoms with Crippen LogP contribution in [-0.2, 0) is 4.74 Å². The van der Waals surface area contributed by atoms with Crippen molar-refractivity contribution < 1.29 is 13.9 Å². The van der Waals surface area contributed by atoms with Crippen LogP contribution >= 0.6 is 34.2 Å². The second-order valence-electron chi connectivity index (χ2n) is 6.17. The third-order valence-corrected chi connectivity index (χ3v) is 5.81. The van der Waals surface area contributed by atoms with Crippen LogP contribution in [0.25, 0.3) is 11.0 Å². The molecule has 4 nitrogen and oxygen atoms in total. The summed E-state index contributed by atoms with van der Waals surface area (Å²) in [7, 11) is -1.10. The van der Waals surface area contributed by atoms with Crippen molar-refractivity contribution in [2.45, 2.75) is 25.7 Å². The van der Waals surface area contributed by atoms with Gasteiger partial charge < -0.3 is 13.9 Å². The summed E-state index contributed by atoms with van der Waals surface area (Å²) in [6.07, 6.45) is 1.41. The number of rotatable bonds is 6. The highest BCUT2D eigenvalue weighted by molar-refractivity contribution is 14.1. The van der Waals surface area contributed by atoms with Gasteiger partial charge in [0, 0.05) is 20.7 Å². The van der Waals surface area contributed by atoms with Crippen LogP contribution in [0.5, 0.6) is 5.75 Å². The predicted molar refractivity (Wildman–Crippen MR) is 99.8 cm³/mol. The Bertz CT molecular complexity index is 724. The van der Waals surface area contributed by atoms with Crippen LogP contribution in [0, 0.1) is 3.57 Å². The smallest absolute Gasteiger partial charge is 0.207 e. The maximum Gasteiger partial charge on any atom is 0.207 e. The summed E-state index contributed by atoms with van der Waals surface area (Å²) in [6, 6.07) is 4.35. The molecule has 0 bridgehead atoms. The molecule has 0 atom stereocenters. The van der Waals surface area contributed by atoms with E-state index in [-0.39, 0.29) is 12.2 Å². The van der Waals surface area contributed by atoms with Crippen molar-refractivity contribution in [2.75, 3.05) is 13.4 Å². The predicted octanol–water partition coefficient (Wildman–Crippen LogP) is 4.74. The molecule has 0 radical (unpaired) electrons. The molecule has 2 aromatic rings. The molecular formula is C15H18ClIO4Si. The van der Waals surface area contributed by atoms with E-state index in [1.165, 1.54) is 6.26 Å². The van der Waals surface area contributed by atoms with Crippen molar-refractivity contribution in [3.05, 3.63) is 37.2 Å². The minimum Gasteiger partial charge on any atom is -0.467 e. The zero-order chi connectivity index (χ0) is 16.3. The number of fused-ring (bicyclic) bond motifs is 1. The average Bonchev–Trinajstić information content (AvgIpc) is 2.41. The van der Waals surface area contributed by atoms with Crippen LogP contribution in [0.15, 0.2) is 27.6 Å². The molecule has 0 saturated carbocycles.